The molecule has 29 heavy (non-hydrogen) atoms. The molecular weight excluding hydrogens is 360 g/mol. The first-order chi connectivity index (χ1) is 14.0. The van der Waals surface area contributed by atoms with E-state index in [1.807, 2.05) is 93.6 Å². The van der Waals surface area contributed by atoms with Gasteiger partial charge in [-0.25, -0.2) is 4.99 Å². The third-order valence-electron chi connectivity index (χ3n) is 4.88. The van der Waals surface area contributed by atoms with Gasteiger partial charge in [0.2, 0.25) is 5.55 Å². The number of rotatable bonds is 3. The Hall–Kier alpha value is -3.66. The zero-order valence-corrected chi connectivity index (χ0v) is 16.7. The normalized spacial score (nSPS) is 11.6. The van der Waals surface area contributed by atoms with E-state index in [4.69, 9.17) is 9.41 Å². The van der Waals surface area contributed by atoms with Crippen LogP contribution in [-0.4, -0.2) is 5.91 Å². The molecule has 4 nitrogen and oxygen atoms in total. The highest BCUT2D eigenvalue weighted by atomic mass is 16.3. The molecule has 0 radical (unpaired) electrons. The van der Waals surface area contributed by atoms with Gasteiger partial charge in [-0.05, 0) is 61.7 Å². The number of nitrogens with zero attached hydrogens (tertiary/aromatic N) is 1. The van der Waals surface area contributed by atoms with Crippen LogP contribution in [0.15, 0.2) is 82.2 Å². The zero-order valence-electron chi connectivity index (χ0n) is 16.7. The molecule has 4 aromatic rings. The number of anilines is 1. The summed E-state index contributed by atoms with van der Waals surface area (Å²) in [6.07, 6.45) is 0. The van der Waals surface area contributed by atoms with Crippen LogP contribution in [0.3, 0.4) is 0 Å². The first kappa shape index (κ1) is 18.7. The largest absolute Gasteiger partial charge is 0.438 e. The van der Waals surface area contributed by atoms with Crippen molar-refractivity contribution >= 4 is 28.3 Å². The van der Waals surface area contributed by atoms with Crippen molar-refractivity contribution in [2.24, 2.45) is 4.99 Å². The van der Waals surface area contributed by atoms with Gasteiger partial charge in [-0.3, -0.25) is 4.79 Å². The minimum atomic E-state index is -0.252. The van der Waals surface area contributed by atoms with Crippen LogP contribution in [0.2, 0.25) is 0 Å². The Morgan fingerprint density at radius 3 is 2.45 bits per heavy atom. The number of hydrogen-bond acceptors (Lipinski definition) is 3. The molecule has 0 saturated carbocycles. The topological polar surface area (TPSA) is 54.6 Å². The van der Waals surface area contributed by atoms with Crippen molar-refractivity contribution in [3.05, 3.63) is 101 Å². The van der Waals surface area contributed by atoms with Crippen molar-refractivity contribution in [2.45, 2.75) is 20.8 Å². The smallest absolute Gasteiger partial charge is 0.261 e. The summed E-state index contributed by atoms with van der Waals surface area (Å²) >= 11 is 0. The Morgan fingerprint density at radius 1 is 0.862 bits per heavy atom. The lowest BCUT2D eigenvalue weighted by Gasteiger charge is -2.09. The molecule has 1 amide bonds. The first-order valence-corrected chi connectivity index (χ1v) is 9.53. The van der Waals surface area contributed by atoms with Gasteiger partial charge in [-0.1, -0.05) is 48.5 Å². The lowest BCUT2D eigenvalue weighted by Crippen LogP contribution is -2.22. The van der Waals surface area contributed by atoms with E-state index in [1.54, 1.807) is 0 Å². The second-order valence-corrected chi connectivity index (χ2v) is 7.17. The van der Waals surface area contributed by atoms with E-state index in [9.17, 15) is 4.79 Å². The van der Waals surface area contributed by atoms with Crippen molar-refractivity contribution in [2.75, 3.05) is 5.32 Å². The average molecular weight is 382 g/mol. The number of nitrogens with one attached hydrogen (secondary N) is 1. The molecule has 4 heteroatoms. The van der Waals surface area contributed by atoms with E-state index >= 15 is 0 Å². The Morgan fingerprint density at radius 2 is 1.62 bits per heavy atom. The molecule has 1 N–H and O–H groups in total. The van der Waals surface area contributed by atoms with Crippen molar-refractivity contribution in [1.82, 2.24) is 0 Å². The van der Waals surface area contributed by atoms with E-state index < -0.39 is 0 Å². The number of aryl methyl sites for hydroxylation is 3. The lowest BCUT2D eigenvalue weighted by molar-refractivity contribution is 0.102. The van der Waals surface area contributed by atoms with Crippen LogP contribution in [-0.2, 0) is 0 Å². The van der Waals surface area contributed by atoms with Gasteiger partial charge in [0.15, 0.2) is 0 Å². The fourth-order valence-electron chi connectivity index (χ4n) is 3.17. The van der Waals surface area contributed by atoms with Crippen LogP contribution in [0.25, 0.3) is 11.0 Å². The summed E-state index contributed by atoms with van der Waals surface area (Å²) in [5.41, 5.74) is 6.04. The number of amides is 1. The number of para-hydroxylation sites is 2. The monoisotopic (exact) mass is 382 g/mol. The third-order valence-corrected chi connectivity index (χ3v) is 4.88. The van der Waals surface area contributed by atoms with E-state index in [0.717, 1.165) is 33.5 Å². The quantitative estimate of drug-likeness (QED) is 0.484. The predicted molar refractivity (Wildman–Crippen MR) is 116 cm³/mol. The maximum Gasteiger partial charge on any atom is 0.261 e. The van der Waals surface area contributed by atoms with Gasteiger partial charge < -0.3 is 9.73 Å². The highest BCUT2D eigenvalue weighted by molar-refractivity contribution is 6.05. The molecule has 4 rings (SSSR count). The second kappa shape index (κ2) is 7.76. The third kappa shape index (κ3) is 3.97. The van der Waals surface area contributed by atoms with Crippen molar-refractivity contribution in [3.63, 3.8) is 0 Å². The summed E-state index contributed by atoms with van der Waals surface area (Å²) in [4.78, 5) is 17.9. The molecule has 1 aromatic heterocycles. The predicted octanol–water partition coefficient (Wildman–Crippen LogP) is 5.84. The van der Waals surface area contributed by atoms with Gasteiger partial charge in [0.1, 0.15) is 11.1 Å². The van der Waals surface area contributed by atoms with Crippen LogP contribution >= 0.6 is 0 Å². The number of hydrogen-bond donors (Lipinski definition) is 1. The fourth-order valence-corrected chi connectivity index (χ4v) is 3.17. The maximum atomic E-state index is 13.1. The Bertz CT molecular complexity index is 1290. The molecule has 0 unspecified atom stereocenters. The van der Waals surface area contributed by atoms with Crippen LogP contribution in [0.1, 0.15) is 27.0 Å². The summed E-state index contributed by atoms with van der Waals surface area (Å²) < 4.78 is 6.05. The molecule has 0 saturated heterocycles. The molecule has 0 spiro atoms. The molecule has 3 aromatic carbocycles. The SMILES string of the molecule is Cc1ccc(C)c(N=c2oc3ccccc3cc2C(=O)Nc2ccccc2C)c1. The molecule has 0 atom stereocenters. The van der Waals surface area contributed by atoms with Crippen molar-refractivity contribution < 1.29 is 9.21 Å². The summed E-state index contributed by atoms with van der Waals surface area (Å²) in [5, 5.41) is 3.83. The van der Waals surface area contributed by atoms with Crippen LogP contribution < -0.4 is 10.9 Å². The Labute approximate surface area is 169 Å². The number of carbonyl (C=O) groups is 1. The lowest BCUT2D eigenvalue weighted by atomic mass is 10.1. The molecule has 1 heterocycles. The van der Waals surface area contributed by atoms with E-state index in [-0.39, 0.29) is 5.91 Å². The van der Waals surface area contributed by atoms with E-state index in [2.05, 4.69) is 5.32 Å². The highest BCUT2D eigenvalue weighted by Crippen LogP contribution is 2.21. The number of fused-ring (bicyclic) bond motifs is 1. The van der Waals surface area contributed by atoms with Gasteiger partial charge >= 0.3 is 0 Å². The summed E-state index contributed by atoms with van der Waals surface area (Å²) in [5.74, 6) is -0.252. The second-order valence-electron chi connectivity index (χ2n) is 7.17. The molecule has 0 fully saturated rings. The van der Waals surface area contributed by atoms with Crippen LogP contribution in [0.5, 0.6) is 0 Å². The highest BCUT2D eigenvalue weighted by Gasteiger charge is 2.14. The number of benzene rings is 3. The fraction of sp³-hybridized carbons (Fsp3) is 0.120. The Balaban J connectivity index is 1.89. The molecule has 0 bridgehead atoms. The number of carbonyl (C=O) groups excluding carboxylic acids is 1. The summed E-state index contributed by atoms with van der Waals surface area (Å²) in [7, 11) is 0. The summed E-state index contributed by atoms with van der Waals surface area (Å²) in [6.45, 7) is 5.97. The van der Waals surface area contributed by atoms with Gasteiger partial charge in [0.05, 0.1) is 5.69 Å². The van der Waals surface area contributed by atoms with Crippen LogP contribution in [0, 0.1) is 20.8 Å². The van der Waals surface area contributed by atoms with Gasteiger partial charge in [-0.15, -0.1) is 0 Å². The molecule has 0 aliphatic carbocycles. The molecular formula is C25H22N2O2. The van der Waals surface area contributed by atoms with Gasteiger partial charge in [0, 0.05) is 11.1 Å². The van der Waals surface area contributed by atoms with Gasteiger partial charge in [0.25, 0.3) is 5.91 Å². The average Bonchev–Trinajstić information content (AvgIpc) is 2.72. The standard InChI is InChI=1S/C25H22N2O2/c1-16-12-13-18(3)22(14-16)27-25-20(15-19-9-5-7-11-23(19)29-25)24(28)26-21-10-6-4-8-17(21)2/h4-15H,1-3H3,(H,26,28). The van der Waals surface area contributed by atoms with Crippen LogP contribution in [0.4, 0.5) is 11.4 Å². The van der Waals surface area contributed by atoms with Crippen molar-refractivity contribution in [1.29, 1.82) is 0 Å². The van der Waals surface area contributed by atoms with E-state index in [1.165, 1.54) is 0 Å². The zero-order chi connectivity index (χ0) is 20.4. The molecule has 144 valence electrons. The van der Waals surface area contributed by atoms with Crippen molar-refractivity contribution in [3.8, 4) is 0 Å². The van der Waals surface area contributed by atoms with E-state index in [0.29, 0.717) is 16.7 Å². The molecule has 0 aliphatic heterocycles. The minimum absolute atomic E-state index is 0.252. The summed E-state index contributed by atoms with van der Waals surface area (Å²) in [6, 6.07) is 23.2. The molecule has 0 aliphatic rings. The van der Waals surface area contributed by atoms with Gasteiger partial charge in [-0.2, -0.15) is 0 Å². The minimum Gasteiger partial charge on any atom is -0.438 e. The Kier molecular flexibility index (Phi) is 5.00. The maximum absolute atomic E-state index is 13.1. The first-order valence-electron chi connectivity index (χ1n) is 9.53.